The molecule has 1 N–H and O–H groups in total. The van der Waals surface area contributed by atoms with E-state index in [1.807, 2.05) is 27.7 Å². The zero-order valence-electron chi connectivity index (χ0n) is 9.00. The molecule has 0 unspecified atom stereocenters. The molecule has 1 aromatic heterocycles. The van der Waals surface area contributed by atoms with E-state index in [1.165, 1.54) is 0 Å². The van der Waals surface area contributed by atoms with Crippen molar-refractivity contribution >= 4 is 12.7 Å². The highest BCUT2D eigenvalue weighted by atomic mass is 16.7. The summed E-state index contributed by atoms with van der Waals surface area (Å²) >= 11 is 0. The second-order valence-electron chi connectivity index (χ2n) is 4.58. The molecule has 1 aromatic rings. The van der Waals surface area contributed by atoms with Gasteiger partial charge in [0.25, 0.3) is 0 Å². The Hall–Kier alpha value is -0.805. The Kier molecular flexibility index (Phi) is 1.98. The van der Waals surface area contributed by atoms with Gasteiger partial charge in [-0.3, -0.25) is 0 Å². The smallest absolute Gasteiger partial charge is 0.398 e. The van der Waals surface area contributed by atoms with Crippen LogP contribution in [0.4, 0.5) is 0 Å². The van der Waals surface area contributed by atoms with Crippen molar-refractivity contribution < 1.29 is 9.31 Å². The summed E-state index contributed by atoms with van der Waals surface area (Å²) in [5.74, 6) is 0. The van der Waals surface area contributed by atoms with Crippen LogP contribution in [0.3, 0.4) is 0 Å². The molecule has 0 atom stereocenters. The second-order valence-corrected chi connectivity index (χ2v) is 4.58. The summed E-state index contributed by atoms with van der Waals surface area (Å²) in [6, 6.07) is 0. The number of nitrogens with one attached hydrogen (secondary N) is 1. The Morgan fingerprint density at radius 3 is 2.21 bits per heavy atom. The molecule has 1 aliphatic rings. The molecule has 1 saturated heterocycles. The van der Waals surface area contributed by atoms with Crippen LogP contribution in [0.15, 0.2) is 12.5 Å². The molecule has 14 heavy (non-hydrogen) atoms. The van der Waals surface area contributed by atoms with E-state index in [0.29, 0.717) is 0 Å². The predicted molar refractivity (Wildman–Crippen MR) is 54.3 cm³/mol. The lowest BCUT2D eigenvalue weighted by Gasteiger charge is -2.32. The first kappa shape index (κ1) is 9.74. The molecule has 2 rings (SSSR count). The van der Waals surface area contributed by atoms with E-state index in [9.17, 15) is 0 Å². The molecule has 0 amide bonds. The Morgan fingerprint density at radius 2 is 1.79 bits per heavy atom. The molecular formula is C9H15BN2O2. The molecular weight excluding hydrogens is 179 g/mol. The summed E-state index contributed by atoms with van der Waals surface area (Å²) in [6.07, 6.45) is 3.42. The van der Waals surface area contributed by atoms with E-state index >= 15 is 0 Å². The molecule has 76 valence electrons. The third-order valence-electron chi connectivity index (χ3n) is 3.01. The van der Waals surface area contributed by atoms with Gasteiger partial charge in [0, 0.05) is 6.20 Å². The molecule has 5 heteroatoms. The summed E-state index contributed by atoms with van der Waals surface area (Å²) < 4.78 is 11.6. The Balaban J connectivity index is 2.22. The largest absolute Gasteiger partial charge is 0.516 e. The predicted octanol–water partition coefficient (Wildman–Crippen LogP) is 0.709. The van der Waals surface area contributed by atoms with Crippen molar-refractivity contribution in [2.75, 3.05) is 0 Å². The van der Waals surface area contributed by atoms with E-state index in [4.69, 9.17) is 9.31 Å². The van der Waals surface area contributed by atoms with Gasteiger partial charge in [-0.25, -0.2) is 4.98 Å². The summed E-state index contributed by atoms with van der Waals surface area (Å²) in [5.41, 5.74) is 0.205. The highest BCUT2D eigenvalue weighted by molar-refractivity contribution is 6.61. The molecule has 0 radical (unpaired) electrons. The molecule has 1 aliphatic heterocycles. The zero-order valence-corrected chi connectivity index (χ0v) is 9.00. The van der Waals surface area contributed by atoms with Crippen molar-refractivity contribution in [2.45, 2.75) is 38.9 Å². The maximum atomic E-state index is 5.80. The lowest BCUT2D eigenvalue weighted by molar-refractivity contribution is 0.00578. The van der Waals surface area contributed by atoms with E-state index < -0.39 is 0 Å². The van der Waals surface area contributed by atoms with Crippen LogP contribution in [0.2, 0.25) is 0 Å². The van der Waals surface area contributed by atoms with E-state index in [2.05, 4.69) is 9.97 Å². The van der Waals surface area contributed by atoms with Crippen molar-refractivity contribution in [3.8, 4) is 0 Å². The van der Waals surface area contributed by atoms with E-state index in [1.54, 1.807) is 12.5 Å². The maximum Gasteiger partial charge on any atom is 0.516 e. The second kappa shape index (κ2) is 2.84. The van der Waals surface area contributed by atoms with Gasteiger partial charge in [0.1, 0.15) is 0 Å². The third-order valence-corrected chi connectivity index (χ3v) is 3.01. The first-order valence-electron chi connectivity index (χ1n) is 4.77. The van der Waals surface area contributed by atoms with Crippen LogP contribution in [-0.2, 0) is 9.31 Å². The average Bonchev–Trinajstić information content (AvgIpc) is 2.58. The maximum absolute atomic E-state index is 5.80. The van der Waals surface area contributed by atoms with Gasteiger partial charge >= 0.3 is 7.12 Å². The van der Waals surface area contributed by atoms with Crippen molar-refractivity contribution in [1.29, 1.82) is 0 Å². The van der Waals surface area contributed by atoms with Gasteiger partial charge in [0.05, 0.1) is 23.1 Å². The Bertz CT molecular complexity index is 306. The van der Waals surface area contributed by atoms with Crippen LogP contribution in [0.1, 0.15) is 27.7 Å². The molecule has 1 fully saturated rings. The number of aromatic amines is 1. The van der Waals surface area contributed by atoms with Gasteiger partial charge in [0.15, 0.2) is 0 Å². The zero-order chi connectivity index (χ0) is 10.4. The average molecular weight is 194 g/mol. The number of H-pyrrole nitrogens is 1. The molecule has 0 aliphatic carbocycles. The van der Waals surface area contributed by atoms with Crippen molar-refractivity contribution in [3.05, 3.63) is 12.5 Å². The van der Waals surface area contributed by atoms with E-state index in [0.717, 1.165) is 5.59 Å². The SMILES string of the molecule is CC1(C)OB(c2c[nH]cn2)OC1(C)C. The van der Waals surface area contributed by atoms with Gasteiger partial charge in [-0.05, 0) is 27.7 Å². The summed E-state index contributed by atoms with van der Waals surface area (Å²) in [5, 5.41) is 0. The fourth-order valence-electron chi connectivity index (χ4n) is 1.36. The van der Waals surface area contributed by atoms with Crippen LogP contribution in [0, 0.1) is 0 Å². The van der Waals surface area contributed by atoms with Crippen molar-refractivity contribution in [3.63, 3.8) is 0 Å². The first-order valence-corrected chi connectivity index (χ1v) is 4.77. The fraction of sp³-hybridized carbons (Fsp3) is 0.667. The third kappa shape index (κ3) is 1.37. The fourth-order valence-corrected chi connectivity index (χ4v) is 1.36. The highest BCUT2D eigenvalue weighted by Crippen LogP contribution is 2.36. The van der Waals surface area contributed by atoms with Crippen LogP contribution in [-0.4, -0.2) is 28.3 Å². The van der Waals surface area contributed by atoms with Crippen molar-refractivity contribution in [1.82, 2.24) is 9.97 Å². The van der Waals surface area contributed by atoms with Crippen LogP contribution in [0.25, 0.3) is 0 Å². The van der Waals surface area contributed by atoms with Crippen LogP contribution >= 0.6 is 0 Å². The Morgan fingerprint density at radius 1 is 1.21 bits per heavy atom. The standard InChI is InChI=1S/C9H15BN2O2/c1-8(2)9(3,4)14-10(13-8)7-5-11-6-12-7/h5-6H,1-4H3,(H,11,12). The number of rotatable bonds is 1. The molecule has 2 heterocycles. The molecule has 4 nitrogen and oxygen atoms in total. The summed E-state index contributed by atoms with van der Waals surface area (Å²) in [7, 11) is -0.355. The summed E-state index contributed by atoms with van der Waals surface area (Å²) in [6.45, 7) is 8.11. The number of imidazole rings is 1. The van der Waals surface area contributed by atoms with Gasteiger partial charge in [-0.2, -0.15) is 0 Å². The highest BCUT2D eigenvalue weighted by Gasteiger charge is 2.52. The lowest BCUT2D eigenvalue weighted by atomic mass is 9.86. The molecule has 0 spiro atoms. The molecule has 0 bridgehead atoms. The lowest BCUT2D eigenvalue weighted by Crippen LogP contribution is -2.41. The number of nitrogens with zero attached hydrogens (tertiary/aromatic N) is 1. The number of hydrogen-bond acceptors (Lipinski definition) is 3. The van der Waals surface area contributed by atoms with Crippen LogP contribution < -0.4 is 5.59 Å². The van der Waals surface area contributed by atoms with Gasteiger partial charge in [0.2, 0.25) is 0 Å². The van der Waals surface area contributed by atoms with Gasteiger partial charge in [-0.15, -0.1) is 0 Å². The van der Waals surface area contributed by atoms with Crippen LogP contribution in [0.5, 0.6) is 0 Å². The monoisotopic (exact) mass is 194 g/mol. The summed E-state index contributed by atoms with van der Waals surface area (Å²) in [4.78, 5) is 7.01. The van der Waals surface area contributed by atoms with Gasteiger partial charge in [-0.1, -0.05) is 0 Å². The minimum absolute atomic E-state index is 0.295. The number of hydrogen-bond donors (Lipinski definition) is 1. The number of aromatic nitrogens is 2. The van der Waals surface area contributed by atoms with E-state index in [-0.39, 0.29) is 18.3 Å². The quantitative estimate of drug-likeness (QED) is 0.669. The van der Waals surface area contributed by atoms with Crippen molar-refractivity contribution in [2.24, 2.45) is 0 Å². The Labute approximate surface area is 84.2 Å². The van der Waals surface area contributed by atoms with Gasteiger partial charge < -0.3 is 14.3 Å². The minimum Gasteiger partial charge on any atom is -0.398 e. The topological polar surface area (TPSA) is 47.1 Å². The molecule has 0 saturated carbocycles. The minimum atomic E-state index is -0.355. The molecule has 0 aromatic carbocycles. The normalized spacial score (nSPS) is 24.1. The first-order chi connectivity index (χ1) is 6.42.